The molecule has 2 atom stereocenters. The number of aromatic carboxylic acids is 1. The number of nitrogens with one attached hydrogen (secondary N) is 1. The first kappa shape index (κ1) is 15.0. The third-order valence-corrected chi connectivity index (χ3v) is 6.42. The van der Waals surface area contributed by atoms with Gasteiger partial charge >= 0.3 is 5.97 Å². The van der Waals surface area contributed by atoms with Gasteiger partial charge < -0.3 is 9.52 Å². The van der Waals surface area contributed by atoms with Crippen LogP contribution in [-0.4, -0.2) is 49.6 Å². The summed E-state index contributed by atoms with van der Waals surface area (Å²) >= 11 is 2.97. The fourth-order valence-electron chi connectivity index (χ4n) is 3.12. The predicted octanol–water partition coefficient (Wildman–Crippen LogP) is 1.26. The second-order valence-corrected chi connectivity index (χ2v) is 7.72. The van der Waals surface area contributed by atoms with Gasteiger partial charge in [-0.25, -0.2) is 17.9 Å². The highest BCUT2D eigenvalue weighted by Crippen LogP contribution is 2.31. The lowest BCUT2D eigenvalue weighted by atomic mass is 10.1. The van der Waals surface area contributed by atoms with Crippen molar-refractivity contribution < 1.29 is 22.7 Å². The van der Waals surface area contributed by atoms with Crippen molar-refractivity contribution in [3.05, 3.63) is 16.5 Å². The second kappa shape index (κ2) is 5.38. The van der Waals surface area contributed by atoms with E-state index in [-0.39, 0.29) is 21.6 Å². The molecule has 2 aliphatic heterocycles. The van der Waals surface area contributed by atoms with Gasteiger partial charge in [-0.2, -0.15) is 0 Å². The number of carbonyl (C=O) groups is 1. The topological polar surface area (TPSA) is 99.8 Å². The quantitative estimate of drug-likeness (QED) is 0.817. The zero-order chi connectivity index (χ0) is 15.2. The summed E-state index contributed by atoms with van der Waals surface area (Å²) in [6, 6.07) is 1.13. The summed E-state index contributed by atoms with van der Waals surface area (Å²) in [5, 5.41) is 8.86. The number of furan rings is 1. The van der Waals surface area contributed by atoms with Crippen molar-refractivity contribution in [2.24, 2.45) is 0 Å². The van der Waals surface area contributed by atoms with E-state index in [1.807, 2.05) is 0 Å². The van der Waals surface area contributed by atoms with Crippen LogP contribution in [0.1, 0.15) is 29.8 Å². The molecule has 0 aliphatic carbocycles. The molecule has 9 heteroatoms. The minimum absolute atomic E-state index is 0.0892. The normalized spacial score (nSPS) is 26.1. The van der Waals surface area contributed by atoms with Crippen LogP contribution in [0.4, 0.5) is 0 Å². The van der Waals surface area contributed by atoms with Crippen molar-refractivity contribution in [1.82, 2.24) is 9.62 Å². The Morgan fingerprint density at radius 2 is 2.19 bits per heavy atom. The van der Waals surface area contributed by atoms with E-state index >= 15 is 0 Å². The highest BCUT2D eigenvalue weighted by atomic mass is 79.9. The van der Waals surface area contributed by atoms with Crippen LogP contribution in [0.15, 0.2) is 20.0 Å². The monoisotopic (exact) mass is 378 g/mol. The third kappa shape index (κ3) is 2.75. The molecule has 2 fully saturated rings. The first-order valence-corrected chi connectivity index (χ1v) is 8.95. The van der Waals surface area contributed by atoms with E-state index in [0.29, 0.717) is 0 Å². The molecule has 2 N–H and O–H groups in total. The Morgan fingerprint density at radius 1 is 1.43 bits per heavy atom. The average molecular weight is 379 g/mol. The maximum Gasteiger partial charge on any atom is 0.371 e. The van der Waals surface area contributed by atoms with Crippen molar-refractivity contribution in [2.75, 3.05) is 13.1 Å². The number of hydrogen-bond acceptors (Lipinski definition) is 5. The SMILES string of the molecule is O=C(O)c1cc(S(=O)(=O)NC2CCN3CCCC23)c(Br)o1. The van der Waals surface area contributed by atoms with Crippen LogP contribution in [-0.2, 0) is 10.0 Å². The summed E-state index contributed by atoms with van der Waals surface area (Å²) in [6.07, 6.45) is 2.84. The van der Waals surface area contributed by atoms with Crippen LogP contribution in [0.3, 0.4) is 0 Å². The zero-order valence-electron chi connectivity index (χ0n) is 11.1. The molecule has 2 unspecified atom stereocenters. The van der Waals surface area contributed by atoms with Gasteiger partial charge in [-0.1, -0.05) is 0 Å². The van der Waals surface area contributed by atoms with Gasteiger partial charge in [0.1, 0.15) is 4.90 Å². The number of nitrogens with zero attached hydrogens (tertiary/aromatic N) is 1. The number of fused-ring (bicyclic) bond motifs is 1. The molecule has 0 radical (unpaired) electrons. The summed E-state index contributed by atoms with van der Waals surface area (Å²) in [4.78, 5) is 13.0. The molecule has 3 rings (SSSR count). The van der Waals surface area contributed by atoms with Crippen molar-refractivity contribution in [2.45, 2.75) is 36.2 Å². The lowest BCUT2D eigenvalue weighted by Crippen LogP contribution is -2.42. The predicted molar refractivity (Wildman–Crippen MR) is 76.7 cm³/mol. The summed E-state index contributed by atoms with van der Waals surface area (Å²) in [5.74, 6) is -1.71. The molecule has 0 bridgehead atoms. The molecule has 2 saturated heterocycles. The molecule has 1 aromatic rings. The first-order chi connectivity index (χ1) is 9.88. The van der Waals surface area contributed by atoms with Gasteiger partial charge in [0.25, 0.3) is 0 Å². The van der Waals surface area contributed by atoms with Gasteiger partial charge in [0.2, 0.25) is 15.8 Å². The molecule has 0 aromatic carbocycles. The minimum atomic E-state index is -3.81. The summed E-state index contributed by atoms with van der Waals surface area (Å²) in [7, 11) is -3.81. The molecule has 1 aromatic heterocycles. The van der Waals surface area contributed by atoms with Crippen molar-refractivity contribution >= 4 is 31.9 Å². The smallest absolute Gasteiger partial charge is 0.371 e. The van der Waals surface area contributed by atoms with E-state index in [2.05, 4.69) is 25.6 Å². The van der Waals surface area contributed by atoms with Crippen LogP contribution in [0.25, 0.3) is 0 Å². The first-order valence-electron chi connectivity index (χ1n) is 6.67. The van der Waals surface area contributed by atoms with E-state index in [9.17, 15) is 13.2 Å². The average Bonchev–Trinajstić information content (AvgIpc) is 3.06. The van der Waals surface area contributed by atoms with E-state index in [1.54, 1.807) is 0 Å². The number of rotatable bonds is 4. The summed E-state index contributed by atoms with van der Waals surface area (Å²) in [5.41, 5.74) is 0. The number of carboxylic acids is 1. The summed E-state index contributed by atoms with van der Waals surface area (Å²) < 4.78 is 32.3. The van der Waals surface area contributed by atoms with E-state index in [1.165, 1.54) is 0 Å². The van der Waals surface area contributed by atoms with Gasteiger partial charge in [-0.3, -0.25) is 4.90 Å². The van der Waals surface area contributed by atoms with E-state index < -0.39 is 21.8 Å². The van der Waals surface area contributed by atoms with Gasteiger partial charge in [0.15, 0.2) is 4.67 Å². The number of hydrogen-bond donors (Lipinski definition) is 2. The Kier molecular flexibility index (Phi) is 3.85. The fraction of sp³-hybridized carbons (Fsp3) is 0.583. The van der Waals surface area contributed by atoms with Crippen LogP contribution in [0.5, 0.6) is 0 Å². The zero-order valence-corrected chi connectivity index (χ0v) is 13.5. The molecule has 3 heterocycles. The Labute approximate surface area is 130 Å². The molecule has 21 heavy (non-hydrogen) atoms. The molecular weight excluding hydrogens is 364 g/mol. The number of sulfonamides is 1. The van der Waals surface area contributed by atoms with Crippen molar-refractivity contribution in [1.29, 1.82) is 0 Å². The van der Waals surface area contributed by atoms with Crippen LogP contribution in [0.2, 0.25) is 0 Å². The maximum atomic E-state index is 12.4. The maximum absolute atomic E-state index is 12.4. The van der Waals surface area contributed by atoms with Crippen LogP contribution < -0.4 is 4.72 Å². The Balaban J connectivity index is 1.82. The lowest BCUT2D eigenvalue weighted by Gasteiger charge is -2.20. The van der Waals surface area contributed by atoms with Crippen molar-refractivity contribution in [3.63, 3.8) is 0 Å². The summed E-state index contributed by atoms with van der Waals surface area (Å²) in [6.45, 7) is 1.91. The lowest BCUT2D eigenvalue weighted by molar-refractivity contribution is 0.0661. The Hall–Kier alpha value is -0.900. The van der Waals surface area contributed by atoms with Crippen molar-refractivity contribution in [3.8, 4) is 0 Å². The largest absolute Gasteiger partial charge is 0.475 e. The highest BCUT2D eigenvalue weighted by Gasteiger charge is 2.40. The number of halogens is 1. The minimum Gasteiger partial charge on any atom is -0.475 e. The standard InChI is InChI=1S/C12H15BrN2O5S/c13-11-10(6-9(20-11)12(16)17)21(18,19)14-7-3-5-15-4-1-2-8(7)15/h6-8,14H,1-5H2,(H,16,17). The Bertz CT molecular complexity index is 671. The molecule has 7 nitrogen and oxygen atoms in total. The van der Waals surface area contributed by atoms with E-state index in [0.717, 1.165) is 38.4 Å². The fourth-order valence-corrected chi connectivity index (χ4v) is 5.37. The molecular formula is C12H15BrN2O5S. The molecule has 0 spiro atoms. The molecule has 116 valence electrons. The highest BCUT2D eigenvalue weighted by molar-refractivity contribution is 9.10. The molecule has 0 amide bonds. The van der Waals surface area contributed by atoms with Crippen LogP contribution in [0, 0.1) is 0 Å². The van der Waals surface area contributed by atoms with Gasteiger partial charge in [0, 0.05) is 24.7 Å². The molecule has 0 saturated carbocycles. The third-order valence-electron chi connectivity index (χ3n) is 4.07. The van der Waals surface area contributed by atoms with E-state index in [4.69, 9.17) is 9.52 Å². The Morgan fingerprint density at radius 3 is 2.86 bits per heavy atom. The van der Waals surface area contributed by atoms with Crippen LogP contribution >= 0.6 is 15.9 Å². The number of carboxylic acid groups (broad SMARTS) is 1. The van der Waals surface area contributed by atoms with Gasteiger partial charge in [0.05, 0.1) is 0 Å². The van der Waals surface area contributed by atoms with Gasteiger partial charge in [-0.05, 0) is 41.7 Å². The van der Waals surface area contributed by atoms with Gasteiger partial charge in [-0.15, -0.1) is 0 Å². The molecule has 2 aliphatic rings. The second-order valence-electron chi connectivity index (χ2n) is 5.32.